The van der Waals surface area contributed by atoms with Gasteiger partial charge < -0.3 is 10.2 Å². The zero-order valence-corrected chi connectivity index (χ0v) is 17.0. The van der Waals surface area contributed by atoms with Crippen molar-refractivity contribution < 1.29 is 14.8 Å². The Morgan fingerprint density at radius 1 is 0.933 bits per heavy atom. The predicted molar refractivity (Wildman–Crippen MR) is 120 cm³/mol. The van der Waals surface area contributed by atoms with Gasteiger partial charge in [0.15, 0.2) is 5.78 Å². The van der Waals surface area contributed by atoms with E-state index < -0.39 is 5.91 Å². The molecule has 156 valence electrons. The lowest BCUT2D eigenvalue weighted by Gasteiger charge is -2.33. The molecule has 0 saturated carbocycles. The first-order valence-corrected chi connectivity index (χ1v) is 10.1. The summed E-state index contributed by atoms with van der Waals surface area (Å²) in [6.07, 6.45) is 8.42. The molecule has 0 spiro atoms. The van der Waals surface area contributed by atoms with Crippen LogP contribution in [0.3, 0.4) is 0 Å². The zero-order chi connectivity index (χ0) is 21.3. The van der Waals surface area contributed by atoms with Crippen LogP contribution in [0.25, 0.3) is 12.2 Å². The van der Waals surface area contributed by atoms with E-state index in [1.165, 1.54) is 6.08 Å². The Balaban J connectivity index is 1.57. The van der Waals surface area contributed by atoms with Crippen molar-refractivity contribution in [3.8, 4) is 0 Å². The predicted octanol–water partition coefficient (Wildman–Crippen LogP) is 3.29. The van der Waals surface area contributed by atoms with Crippen LogP contribution in [-0.2, 0) is 4.79 Å². The smallest absolute Gasteiger partial charge is 0.267 e. The van der Waals surface area contributed by atoms with Gasteiger partial charge in [-0.05, 0) is 67.4 Å². The summed E-state index contributed by atoms with van der Waals surface area (Å²) >= 11 is 0. The Labute approximate surface area is 176 Å². The van der Waals surface area contributed by atoms with Crippen LogP contribution in [0, 0.1) is 0 Å². The van der Waals surface area contributed by atoms with Gasteiger partial charge in [-0.3, -0.25) is 14.8 Å². The molecule has 1 aliphatic heterocycles. The summed E-state index contributed by atoms with van der Waals surface area (Å²) in [7, 11) is 2.01. The van der Waals surface area contributed by atoms with Gasteiger partial charge >= 0.3 is 0 Å². The number of hydrogen-bond donors (Lipinski definition) is 3. The molecule has 0 unspecified atom stereocenters. The van der Waals surface area contributed by atoms with Crippen LogP contribution in [-0.4, -0.2) is 43.1 Å². The number of rotatable bonds is 7. The lowest BCUT2D eigenvalue weighted by molar-refractivity contribution is -0.124. The molecule has 2 aromatic rings. The third-order valence-corrected chi connectivity index (χ3v) is 5.32. The first-order valence-electron chi connectivity index (χ1n) is 10.1. The fraction of sp³-hybridized carbons (Fsp3) is 0.250. The van der Waals surface area contributed by atoms with Crippen LogP contribution in [0.15, 0.2) is 60.7 Å². The summed E-state index contributed by atoms with van der Waals surface area (Å²) in [5, 5.41) is 11.8. The molecule has 2 aromatic carbocycles. The van der Waals surface area contributed by atoms with Crippen LogP contribution in [0.4, 0.5) is 5.69 Å². The third kappa shape index (κ3) is 5.89. The average Bonchev–Trinajstić information content (AvgIpc) is 2.81. The summed E-state index contributed by atoms with van der Waals surface area (Å²) in [4.78, 5) is 25.8. The first kappa shape index (κ1) is 21.5. The van der Waals surface area contributed by atoms with E-state index in [2.05, 4.69) is 10.2 Å². The van der Waals surface area contributed by atoms with Gasteiger partial charge in [-0.25, -0.2) is 5.48 Å². The molecule has 30 heavy (non-hydrogen) atoms. The Bertz CT molecular complexity index is 910. The number of nitrogens with one attached hydrogen (secondary N) is 2. The maximum atomic E-state index is 12.5. The maximum absolute atomic E-state index is 12.5. The van der Waals surface area contributed by atoms with E-state index in [9.17, 15) is 9.59 Å². The first-order chi connectivity index (χ1) is 14.6. The molecule has 3 N–H and O–H groups in total. The van der Waals surface area contributed by atoms with Crippen molar-refractivity contribution in [3.63, 3.8) is 0 Å². The molecule has 6 heteroatoms. The van der Waals surface area contributed by atoms with Crippen LogP contribution >= 0.6 is 0 Å². The van der Waals surface area contributed by atoms with Gasteiger partial charge in [0.1, 0.15) is 0 Å². The molecule has 1 fully saturated rings. The second kappa shape index (κ2) is 10.5. The molecular weight excluding hydrogens is 378 g/mol. The van der Waals surface area contributed by atoms with Gasteiger partial charge in [0.2, 0.25) is 0 Å². The second-order valence-electron chi connectivity index (χ2n) is 7.27. The number of nitrogens with zero attached hydrogens (tertiary/aromatic N) is 1. The van der Waals surface area contributed by atoms with E-state index in [1.807, 2.05) is 55.6 Å². The van der Waals surface area contributed by atoms with Gasteiger partial charge in [0.25, 0.3) is 5.91 Å². The second-order valence-corrected chi connectivity index (χ2v) is 7.27. The lowest BCUT2D eigenvalue weighted by atomic mass is 10.0. The van der Waals surface area contributed by atoms with Crippen molar-refractivity contribution in [2.24, 2.45) is 0 Å². The summed E-state index contributed by atoms with van der Waals surface area (Å²) in [5.41, 5.74) is 5.06. The van der Waals surface area contributed by atoms with Crippen molar-refractivity contribution in [3.05, 3.63) is 77.4 Å². The van der Waals surface area contributed by atoms with E-state index in [4.69, 9.17) is 5.21 Å². The van der Waals surface area contributed by atoms with Crippen molar-refractivity contribution in [2.75, 3.05) is 25.0 Å². The quantitative estimate of drug-likeness (QED) is 0.285. The SMILES string of the molecule is CNC1CCN(c2ccc(C(=O)/C=C/c3ccc(/C=C/C(=O)NO)cc3)cc2)CC1. The third-order valence-electron chi connectivity index (χ3n) is 5.32. The molecule has 0 radical (unpaired) electrons. The molecule has 6 nitrogen and oxygen atoms in total. The normalized spacial score (nSPS) is 15.1. The van der Waals surface area contributed by atoms with Crippen molar-refractivity contribution >= 4 is 29.5 Å². The minimum Gasteiger partial charge on any atom is -0.371 e. The number of ketones is 1. The van der Waals surface area contributed by atoms with E-state index in [0.29, 0.717) is 11.6 Å². The molecule has 0 aliphatic carbocycles. The number of allylic oxidation sites excluding steroid dienone is 1. The maximum Gasteiger partial charge on any atom is 0.267 e. The van der Waals surface area contributed by atoms with E-state index in [0.717, 1.165) is 42.7 Å². The van der Waals surface area contributed by atoms with Gasteiger partial charge in [-0.2, -0.15) is 0 Å². The standard InChI is InChI=1S/C24H27N3O3/c1-25-21-14-16-27(17-15-21)22-10-8-20(9-11-22)23(28)12-6-18-2-4-19(5-3-18)7-13-24(29)26-30/h2-13,21,25,30H,14-17H2,1H3,(H,26,29)/b12-6+,13-7+. The number of anilines is 1. The number of hydrogen-bond acceptors (Lipinski definition) is 5. The number of hydroxylamine groups is 1. The molecule has 1 amide bonds. The Kier molecular flexibility index (Phi) is 7.54. The Morgan fingerprint density at radius 3 is 2.03 bits per heavy atom. The van der Waals surface area contributed by atoms with E-state index in [1.54, 1.807) is 23.7 Å². The summed E-state index contributed by atoms with van der Waals surface area (Å²) < 4.78 is 0. The highest BCUT2D eigenvalue weighted by molar-refractivity contribution is 6.07. The molecule has 1 heterocycles. The topological polar surface area (TPSA) is 81.7 Å². The molecule has 1 aliphatic rings. The van der Waals surface area contributed by atoms with E-state index in [-0.39, 0.29) is 5.78 Å². The number of carbonyl (C=O) groups is 2. The highest BCUT2D eigenvalue weighted by Gasteiger charge is 2.17. The van der Waals surface area contributed by atoms with Gasteiger partial charge in [-0.1, -0.05) is 30.3 Å². The fourth-order valence-corrected chi connectivity index (χ4v) is 3.46. The highest BCUT2D eigenvalue weighted by atomic mass is 16.5. The fourth-order valence-electron chi connectivity index (χ4n) is 3.46. The summed E-state index contributed by atoms with van der Waals surface area (Å²) in [5.74, 6) is -0.628. The van der Waals surface area contributed by atoms with Gasteiger partial charge in [0, 0.05) is 36.5 Å². The monoisotopic (exact) mass is 405 g/mol. The van der Waals surface area contributed by atoms with Crippen LogP contribution < -0.4 is 15.7 Å². The van der Waals surface area contributed by atoms with Crippen LogP contribution in [0.1, 0.15) is 34.3 Å². The van der Waals surface area contributed by atoms with Gasteiger partial charge in [-0.15, -0.1) is 0 Å². The largest absolute Gasteiger partial charge is 0.371 e. The Hall–Kier alpha value is -3.22. The van der Waals surface area contributed by atoms with Crippen molar-refractivity contribution in [1.29, 1.82) is 0 Å². The molecular formula is C24H27N3O3. The van der Waals surface area contributed by atoms with Crippen LogP contribution in [0.5, 0.6) is 0 Å². The summed E-state index contributed by atoms with van der Waals surface area (Å²) in [6.45, 7) is 2.04. The molecule has 0 bridgehead atoms. The minimum atomic E-state index is -0.585. The van der Waals surface area contributed by atoms with Crippen LogP contribution in [0.2, 0.25) is 0 Å². The number of piperidine rings is 1. The summed E-state index contributed by atoms with van der Waals surface area (Å²) in [6, 6.07) is 15.8. The Morgan fingerprint density at radius 2 is 1.50 bits per heavy atom. The molecule has 1 saturated heterocycles. The highest BCUT2D eigenvalue weighted by Crippen LogP contribution is 2.21. The van der Waals surface area contributed by atoms with E-state index >= 15 is 0 Å². The molecule has 0 aromatic heterocycles. The lowest BCUT2D eigenvalue weighted by Crippen LogP contribution is -2.41. The van der Waals surface area contributed by atoms with Crippen molar-refractivity contribution in [2.45, 2.75) is 18.9 Å². The van der Waals surface area contributed by atoms with Crippen molar-refractivity contribution in [1.82, 2.24) is 10.8 Å². The zero-order valence-electron chi connectivity index (χ0n) is 17.0. The number of amides is 1. The minimum absolute atomic E-state index is 0.0426. The van der Waals surface area contributed by atoms with Gasteiger partial charge in [0.05, 0.1) is 0 Å². The molecule has 0 atom stereocenters. The average molecular weight is 405 g/mol. The molecule has 3 rings (SSSR count). The number of carbonyl (C=O) groups excluding carboxylic acids is 2. The number of benzene rings is 2.